The van der Waals surface area contributed by atoms with Crippen LogP contribution in [0.3, 0.4) is 0 Å². The molecule has 10 nitrogen and oxygen atoms in total. The van der Waals surface area contributed by atoms with Gasteiger partial charge in [0.1, 0.15) is 5.75 Å². The van der Waals surface area contributed by atoms with Gasteiger partial charge >= 0.3 is 25.9 Å². The molecule has 3 unspecified atom stereocenters. The summed E-state index contributed by atoms with van der Waals surface area (Å²) in [7, 11) is -5.32. The van der Waals surface area contributed by atoms with E-state index in [0.717, 1.165) is 34.6 Å². The summed E-state index contributed by atoms with van der Waals surface area (Å²) in [6, 6.07) is 8.98. The van der Waals surface area contributed by atoms with Crippen molar-refractivity contribution in [3.63, 3.8) is 0 Å². The number of amides is 1. The Morgan fingerprint density at radius 3 is 2.26 bits per heavy atom. The van der Waals surface area contributed by atoms with E-state index in [1.165, 1.54) is 44.4 Å². The Labute approximate surface area is 278 Å². The number of hydrogen-bond acceptors (Lipinski definition) is 9. The smallest absolute Gasteiger partial charge is 0.459 e. The topological polar surface area (TPSA) is 129 Å². The summed E-state index contributed by atoms with van der Waals surface area (Å²) in [6.07, 6.45) is -6.05. The molecule has 1 aromatic heterocycles. The number of rotatable bonds is 11. The first-order valence-electron chi connectivity index (χ1n) is 13.9. The third-order valence-electron chi connectivity index (χ3n) is 6.25. The monoisotopic (exact) mass is 719 g/mol. The van der Waals surface area contributed by atoms with Crippen molar-refractivity contribution in [3.8, 4) is 5.75 Å². The SMILES string of the molecule is C=CN(C(=O)C(c1csc2ccc(Cl)cc12)P(=O)(O)OC(COC(=O)C(C)(C)C)OC(=O)C(C)(C)C)c1cccc(OC(F)(F)F)c1. The molecule has 0 bridgehead atoms. The molecule has 3 aromatic rings. The van der Waals surface area contributed by atoms with E-state index in [2.05, 4.69) is 11.3 Å². The summed E-state index contributed by atoms with van der Waals surface area (Å²) >= 11 is 7.33. The van der Waals surface area contributed by atoms with Gasteiger partial charge in [-0.05, 0) is 88.2 Å². The number of anilines is 1. The number of carbonyl (C=O) groups is 3. The Bertz CT molecular complexity index is 1700. The van der Waals surface area contributed by atoms with Gasteiger partial charge in [-0.15, -0.1) is 24.5 Å². The predicted octanol–water partition coefficient (Wildman–Crippen LogP) is 8.38. The van der Waals surface area contributed by atoms with Crippen molar-refractivity contribution in [1.82, 2.24) is 0 Å². The quantitative estimate of drug-likeness (QED) is 0.118. The number of ether oxygens (including phenoxy) is 3. The first-order chi connectivity index (χ1) is 21.5. The molecule has 0 aliphatic heterocycles. The maximum Gasteiger partial charge on any atom is 0.573 e. The summed E-state index contributed by atoms with van der Waals surface area (Å²) in [5, 5.41) is 1.97. The highest BCUT2D eigenvalue weighted by molar-refractivity contribution is 7.54. The van der Waals surface area contributed by atoms with Crippen molar-refractivity contribution in [2.24, 2.45) is 10.8 Å². The molecule has 2 aromatic carbocycles. The number of hydrogen-bond donors (Lipinski definition) is 1. The Hall–Kier alpha value is -3.42. The lowest BCUT2D eigenvalue weighted by Gasteiger charge is -2.30. The van der Waals surface area contributed by atoms with Crippen LogP contribution < -0.4 is 9.64 Å². The van der Waals surface area contributed by atoms with Crippen LogP contribution in [-0.4, -0.2) is 42.0 Å². The number of esters is 2. The average Bonchev–Trinajstić information content (AvgIpc) is 3.32. The minimum absolute atomic E-state index is 0.0227. The lowest BCUT2D eigenvalue weighted by atomic mass is 9.97. The number of carbonyl (C=O) groups excluding carboxylic acids is 3. The predicted molar refractivity (Wildman–Crippen MR) is 171 cm³/mol. The van der Waals surface area contributed by atoms with Crippen molar-refractivity contribution in [1.29, 1.82) is 0 Å². The average molecular weight is 720 g/mol. The fraction of sp³-hybridized carbons (Fsp3) is 0.387. The number of fused-ring (bicyclic) bond motifs is 1. The van der Waals surface area contributed by atoms with E-state index in [1.807, 2.05) is 0 Å². The van der Waals surface area contributed by atoms with Gasteiger partial charge in [0.15, 0.2) is 12.3 Å². The molecule has 0 aliphatic rings. The molecule has 1 N–H and O–H groups in total. The van der Waals surface area contributed by atoms with Gasteiger partial charge in [-0.1, -0.05) is 24.2 Å². The molecule has 1 heterocycles. The van der Waals surface area contributed by atoms with E-state index in [9.17, 15) is 37.0 Å². The van der Waals surface area contributed by atoms with Crippen molar-refractivity contribution < 1.29 is 55.7 Å². The molecule has 0 aliphatic carbocycles. The van der Waals surface area contributed by atoms with E-state index in [-0.39, 0.29) is 16.3 Å². The van der Waals surface area contributed by atoms with E-state index in [4.69, 9.17) is 25.6 Å². The van der Waals surface area contributed by atoms with E-state index in [0.29, 0.717) is 10.1 Å². The molecule has 1 amide bonds. The van der Waals surface area contributed by atoms with Crippen LogP contribution in [0, 0.1) is 10.8 Å². The first kappa shape index (κ1) is 38.0. The molecule has 0 radical (unpaired) electrons. The van der Waals surface area contributed by atoms with Crippen LogP contribution in [0.5, 0.6) is 5.75 Å². The zero-order valence-corrected chi connectivity index (χ0v) is 28.8. The lowest BCUT2D eigenvalue weighted by molar-refractivity contribution is -0.274. The molecule has 0 saturated carbocycles. The summed E-state index contributed by atoms with van der Waals surface area (Å²) in [5.74, 6) is -3.44. The normalized spacial score (nSPS) is 14.9. The van der Waals surface area contributed by atoms with Gasteiger partial charge in [-0.3, -0.25) is 28.4 Å². The van der Waals surface area contributed by atoms with E-state index >= 15 is 0 Å². The number of nitrogens with zero attached hydrogens (tertiary/aromatic N) is 1. The Kier molecular flexibility index (Phi) is 11.6. The number of benzene rings is 2. The van der Waals surface area contributed by atoms with Gasteiger partial charge in [-0.2, -0.15) is 0 Å². The zero-order chi connectivity index (χ0) is 35.5. The molecule has 47 heavy (non-hydrogen) atoms. The molecule has 0 spiro atoms. The molecule has 3 rings (SSSR count). The maximum atomic E-state index is 14.3. The second kappa shape index (κ2) is 14.4. The van der Waals surface area contributed by atoms with Gasteiger partial charge in [0, 0.05) is 22.0 Å². The minimum atomic E-state index is -5.32. The zero-order valence-electron chi connectivity index (χ0n) is 26.3. The van der Waals surface area contributed by atoms with Crippen molar-refractivity contribution in [2.45, 2.75) is 59.9 Å². The number of thiophene rings is 1. The first-order valence-corrected chi connectivity index (χ1v) is 16.8. The van der Waals surface area contributed by atoms with Crippen LogP contribution in [0.25, 0.3) is 10.1 Å². The second-order valence-electron chi connectivity index (χ2n) is 12.3. The fourth-order valence-electron chi connectivity index (χ4n) is 3.94. The van der Waals surface area contributed by atoms with Gasteiger partial charge in [0.25, 0.3) is 5.91 Å². The number of halogens is 4. The molecule has 3 atom stereocenters. The van der Waals surface area contributed by atoms with Gasteiger partial charge in [0.05, 0.1) is 16.5 Å². The minimum Gasteiger partial charge on any atom is -0.459 e. The van der Waals surface area contributed by atoms with Crippen molar-refractivity contribution >= 4 is 64.2 Å². The van der Waals surface area contributed by atoms with Crippen LogP contribution in [0.2, 0.25) is 5.02 Å². The van der Waals surface area contributed by atoms with Gasteiger partial charge in [-0.25, -0.2) is 0 Å². The summed E-state index contributed by atoms with van der Waals surface area (Å²) in [6.45, 7) is 12.0. The Morgan fingerprint density at radius 1 is 1.04 bits per heavy atom. The van der Waals surface area contributed by atoms with Crippen LogP contribution in [-0.2, 0) is 32.9 Å². The second-order valence-corrected chi connectivity index (χ2v) is 15.5. The summed E-state index contributed by atoms with van der Waals surface area (Å²) in [4.78, 5) is 51.9. The molecular weight excluding hydrogens is 686 g/mol. The van der Waals surface area contributed by atoms with Crippen LogP contribution >= 0.6 is 30.5 Å². The lowest BCUT2D eigenvalue weighted by Crippen LogP contribution is -2.36. The van der Waals surface area contributed by atoms with Crippen LogP contribution in [0.1, 0.15) is 52.8 Å². The van der Waals surface area contributed by atoms with Crippen molar-refractivity contribution in [2.75, 3.05) is 11.5 Å². The summed E-state index contributed by atoms with van der Waals surface area (Å²) < 4.78 is 73.7. The largest absolute Gasteiger partial charge is 0.573 e. The Morgan fingerprint density at radius 2 is 1.68 bits per heavy atom. The standard InChI is InChI=1S/C31H34ClF3NO9PS/c1-8-36(19-10-9-11-20(15-19)44-31(33,34)35)26(37)25(22-17-47-23-13-12-18(32)14-21(22)23)46(40,41)45-24(43-28(39)30(5,6)7)16-42-27(38)29(2,3)4/h8-15,17,24-25H,1,16H2,2-7H3,(H,40,41). The molecule has 0 saturated heterocycles. The highest BCUT2D eigenvalue weighted by Crippen LogP contribution is 2.60. The fourth-order valence-corrected chi connectivity index (χ4v) is 6.71. The molecule has 16 heteroatoms. The Balaban J connectivity index is 2.14. The maximum absolute atomic E-state index is 14.3. The third kappa shape index (κ3) is 10.0. The van der Waals surface area contributed by atoms with Crippen LogP contribution in [0.4, 0.5) is 18.9 Å². The van der Waals surface area contributed by atoms with Gasteiger partial charge in [0.2, 0.25) is 6.29 Å². The highest BCUT2D eigenvalue weighted by atomic mass is 35.5. The molecule has 256 valence electrons. The van der Waals surface area contributed by atoms with Gasteiger partial charge < -0.3 is 19.1 Å². The highest BCUT2D eigenvalue weighted by Gasteiger charge is 2.46. The van der Waals surface area contributed by atoms with Crippen molar-refractivity contribution in [3.05, 3.63) is 71.2 Å². The van der Waals surface area contributed by atoms with E-state index in [1.54, 1.807) is 32.9 Å². The number of alkyl halides is 3. The molecule has 0 fully saturated rings. The third-order valence-corrected chi connectivity index (χ3v) is 9.16. The van der Waals surface area contributed by atoms with Crippen LogP contribution in [0.15, 0.2) is 60.6 Å². The summed E-state index contributed by atoms with van der Waals surface area (Å²) in [5.41, 5.74) is -4.40. The molecular formula is C31H34ClF3NO9PS. The van der Waals surface area contributed by atoms with E-state index < -0.39 is 66.9 Å².